The molecule has 9 heteroatoms. The molecule has 1 fully saturated rings. The third kappa shape index (κ3) is 8.81. The molecule has 1 aliphatic carbocycles. The third-order valence-electron chi connectivity index (χ3n) is 6.39. The fraction of sp³-hybridized carbons (Fsp3) is 0.538. The Labute approximate surface area is 207 Å². The Balaban J connectivity index is 1.37. The Morgan fingerprint density at radius 1 is 1.06 bits per heavy atom. The number of aliphatic hydroxyl groups is 2. The summed E-state index contributed by atoms with van der Waals surface area (Å²) >= 11 is 0. The van der Waals surface area contributed by atoms with Crippen molar-refractivity contribution in [3.8, 4) is 17.2 Å². The van der Waals surface area contributed by atoms with Crippen LogP contribution >= 0.6 is 7.37 Å². The highest BCUT2D eigenvalue weighted by Gasteiger charge is 2.32. The lowest BCUT2D eigenvalue weighted by molar-refractivity contribution is 0.104. The zero-order valence-electron chi connectivity index (χ0n) is 20.3. The van der Waals surface area contributed by atoms with Crippen LogP contribution in [0.1, 0.15) is 50.2 Å². The summed E-state index contributed by atoms with van der Waals surface area (Å²) in [5, 5.41) is 32.3. The summed E-state index contributed by atoms with van der Waals surface area (Å²) in [4.78, 5) is 10.4. The van der Waals surface area contributed by atoms with Gasteiger partial charge in [-0.05, 0) is 62.1 Å². The molecule has 35 heavy (non-hydrogen) atoms. The number of rotatable bonds is 13. The number of ether oxygens (including phenoxy) is 2. The van der Waals surface area contributed by atoms with Gasteiger partial charge in [-0.1, -0.05) is 31.4 Å². The molecule has 3 rings (SSSR count). The first-order valence-electron chi connectivity index (χ1n) is 12.3. The van der Waals surface area contributed by atoms with Crippen molar-refractivity contribution < 1.29 is 34.3 Å². The minimum Gasteiger partial charge on any atom is -0.508 e. The lowest BCUT2D eigenvalue weighted by Gasteiger charge is -2.26. The predicted molar refractivity (Wildman–Crippen MR) is 135 cm³/mol. The maximum absolute atomic E-state index is 12.6. The Morgan fingerprint density at radius 3 is 2.43 bits per heavy atom. The smallest absolute Gasteiger partial charge is 0.239 e. The van der Waals surface area contributed by atoms with Crippen molar-refractivity contribution in [3.63, 3.8) is 0 Å². The van der Waals surface area contributed by atoms with E-state index in [4.69, 9.17) is 9.47 Å². The number of hydrogen-bond acceptors (Lipinski definition) is 7. The quantitative estimate of drug-likeness (QED) is 0.259. The third-order valence-corrected chi connectivity index (χ3v) is 8.55. The van der Waals surface area contributed by atoms with E-state index in [9.17, 15) is 24.8 Å². The summed E-state index contributed by atoms with van der Waals surface area (Å²) in [7, 11) is -3.31. The number of aliphatic hydroxyl groups excluding tert-OH is 2. The van der Waals surface area contributed by atoms with E-state index in [2.05, 4.69) is 5.32 Å². The van der Waals surface area contributed by atoms with E-state index in [1.807, 2.05) is 31.2 Å². The fourth-order valence-electron chi connectivity index (χ4n) is 4.27. The summed E-state index contributed by atoms with van der Waals surface area (Å²) < 4.78 is 23.8. The van der Waals surface area contributed by atoms with Crippen LogP contribution in [0.15, 0.2) is 42.5 Å². The van der Waals surface area contributed by atoms with Crippen LogP contribution in [0.4, 0.5) is 0 Å². The minimum atomic E-state index is -3.31. The zero-order valence-corrected chi connectivity index (χ0v) is 21.2. The fourth-order valence-corrected chi connectivity index (χ4v) is 5.99. The number of aromatic hydroxyl groups is 1. The lowest BCUT2D eigenvalue weighted by Crippen LogP contribution is -2.37. The molecule has 0 heterocycles. The minimum absolute atomic E-state index is 0.00308. The standard InChI is InChI=1S/C26H38NO7P/c1-19(27-15-22(29)17-33-24-11-12-26(30)21(14-24)16-28)13-20-7-9-23(10-8-20)34-18-35(31,32)25-5-3-2-4-6-25/h7-12,14,19,22,25,27-30H,2-6,13,15-18H2,1H3,(H,31,32). The maximum atomic E-state index is 12.6. The second-order valence-electron chi connectivity index (χ2n) is 9.39. The van der Waals surface area contributed by atoms with Crippen LogP contribution in [0.25, 0.3) is 0 Å². The first-order chi connectivity index (χ1) is 16.8. The van der Waals surface area contributed by atoms with Gasteiger partial charge in [-0.2, -0.15) is 0 Å². The van der Waals surface area contributed by atoms with Gasteiger partial charge in [0, 0.05) is 23.8 Å². The summed E-state index contributed by atoms with van der Waals surface area (Å²) in [6, 6.07) is 12.2. The molecule has 1 aliphatic rings. The molecule has 0 spiro atoms. The van der Waals surface area contributed by atoms with Crippen molar-refractivity contribution in [2.75, 3.05) is 19.5 Å². The Hall–Kier alpha value is -2.09. The predicted octanol–water partition coefficient (Wildman–Crippen LogP) is 3.78. The normalized spacial score (nSPS) is 17.9. The van der Waals surface area contributed by atoms with Gasteiger partial charge in [-0.15, -0.1) is 0 Å². The molecular formula is C26H38NO7P. The summed E-state index contributed by atoms with van der Waals surface area (Å²) in [5.74, 6) is 1.06. The summed E-state index contributed by atoms with van der Waals surface area (Å²) in [5.41, 5.74) is 1.32. The van der Waals surface area contributed by atoms with E-state index in [0.29, 0.717) is 23.6 Å². The molecule has 0 radical (unpaired) electrons. The number of hydrogen-bond donors (Lipinski definition) is 5. The summed E-state index contributed by atoms with van der Waals surface area (Å²) in [6.45, 7) is 2.16. The van der Waals surface area contributed by atoms with Crippen molar-refractivity contribution in [2.45, 2.75) is 69.9 Å². The monoisotopic (exact) mass is 507 g/mol. The molecule has 1 saturated carbocycles. The molecule has 194 valence electrons. The van der Waals surface area contributed by atoms with Crippen molar-refractivity contribution in [1.82, 2.24) is 5.32 Å². The molecule has 0 bridgehead atoms. The van der Waals surface area contributed by atoms with E-state index in [1.165, 1.54) is 6.07 Å². The van der Waals surface area contributed by atoms with Crippen molar-refractivity contribution in [2.24, 2.45) is 0 Å². The van der Waals surface area contributed by atoms with Gasteiger partial charge in [0.05, 0.1) is 6.61 Å². The van der Waals surface area contributed by atoms with E-state index in [1.54, 1.807) is 12.1 Å². The Bertz CT molecular complexity index is 963. The molecule has 0 amide bonds. The van der Waals surface area contributed by atoms with Gasteiger partial charge in [0.1, 0.15) is 30.0 Å². The molecule has 0 aliphatic heterocycles. The highest BCUT2D eigenvalue weighted by Crippen LogP contribution is 2.51. The molecule has 2 aromatic carbocycles. The van der Waals surface area contributed by atoms with Gasteiger partial charge in [0.25, 0.3) is 0 Å². The molecule has 2 aromatic rings. The maximum Gasteiger partial charge on any atom is 0.239 e. The first-order valence-corrected chi connectivity index (χ1v) is 14.2. The number of nitrogens with one attached hydrogen (secondary N) is 1. The van der Waals surface area contributed by atoms with Gasteiger partial charge >= 0.3 is 0 Å². The SMILES string of the molecule is CC(Cc1ccc(OCP(=O)(O)C2CCCCC2)cc1)NCC(O)COc1ccc(O)c(CO)c1. The molecule has 5 N–H and O–H groups in total. The van der Waals surface area contributed by atoms with Crippen LogP contribution < -0.4 is 14.8 Å². The van der Waals surface area contributed by atoms with Crippen molar-refractivity contribution >= 4 is 7.37 Å². The average Bonchev–Trinajstić information content (AvgIpc) is 2.87. The van der Waals surface area contributed by atoms with Crippen LogP contribution in [0.3, 0.4) is 0 Å². The van der Waals surface area contributed by atoms with E-state index in [0.717, 1.165) is 44.1 Å². The van der Waals surface area contributed by atoms with Crippen LogP contribution in [-0.2, 0) is 17.6 Å². The zero-order chi connectivity index (χ0) is 25.3. The van der Waals surface area contributed by atoms with Crippen molar-refractivity contribution in [1.29, 1.82) is 0 Å². The van der Waals surface area contributed by atoms with Gasteiger partial charge in [-0.25, -0.2) is 0 Å². The van der Waals surface area contributed by atoms with Crippen LogP contribution in [0, 0.1) is 0 Å². The van der Waals surface area contributed by atoms with E-state index >= 15 is 0 Å². The topological polar surface area (TPSA) is 128 Å². The highest BCUT2D eigenvalue weighted by molar-refractivity contribution is 7.58. The van der Waals surface area contributed by atoms with Gasteiger partial charge in [0.15, 0.2) is 6.35 Å². The first kappa shape index (κ1) is 27.5. The molecule has 0 saturated heterocycles. The molecule has 3 atom stereocenters. The molecule has 0 aromatic heterocycles. The Kier molecular flexibility index (Phi) is 10.4. The average molecular weight is 508 g/mol. The van der Waals surface area contributed by atoms with Gasteiger partial charge in [-0.3, -0.25) is 4.57 Å². The Morgan fingerprint density at radius 2 is 1.74 bits per heavy atom. The second kappa shape index (κ2) is 13.3. The van der Waals surface area contributed by atoms with E-state index < -0.39 is 13.5 Å². The second-order valence-corrected chi connectivity index (χ2v) is 11.9. The summed E-state index contributed by atoms with van der Waals surface area (Å²) in [6.07, 6.45) is 4.68. The largest absolute Gasteiger partial charge is 0.508 e. The van der Waals surface area contributed by atoms with Crippen LogP contribution in [0.5, 0.6) is 17.2 Å². The molecule has 3 unspecified atom stereocenters. The van der Waals surface area contributed by atoms with Crippen LogP contribution in [0.2, 0.25) is 0 Å². The molecule has 8 nitrogen and oxygen atoms in total. The highest BCUT2D eigenvalue weighted by atomic mass is 31.2. The molecular weight excluding hydrogens is 469 g/mol. The number of phenols is 1. The number of benzene rings is 2. The van der Waals surface area contributed by atoms with E-state index in [-0.39, 0.29) is 37.0 Å². The van der Waals surface area contributed by atoms with Gasteiger partial charge < -0.3 is 35.0 Å². The van der Waals surface area contributed by atoms with Crippen molar-refractivity contribution in [3.05, 3.63) is 53.6 Å². The van der Waals surface area contributed by atoms with Crippen LogP contribution in [-0.4, -0.2) is 57.5 Å². The van der Waals surface area contributed by atoms with Gasteiger partial charge in [0.2, 0.25) is 7.37 Å². The lowest BCUT2D eigenvalue weighted by atomic mass is 10.0.